The normalized spacial score (nSPS) is 26.9. The van der Waals surface area contributed by atoms with E-state index >= 15 is 0 Å². The molecule has 0 aliphatic heterocycles. The van der Waals surface area contributed by atoms with E-state index in [2.05, 4.69) is 4.72 Å². The van der Waals surface area contributed by atoms with Gasteiger partial charge >= 0.3 is 0 Å². The lowest BCUT2D eigenvalue weighted by atomic mass is 9.50. The highest BCUT2D eigenvalue weighted by atomic mass is 32.2. The SMILES string of the molecule is NC1CC(NS(=O)(=O)c2ccccc2[N+](=O)[O-])C12CCC2. The lowest BCUT2D eigenvalue weighted by Crippen LogP contribution is -2.69. The van der Waals surface area contributed by atoms with Crippen LogP contribution in [-0.4, -0.2) is 25.4 Å². The van der Waals surface area contributed by atoms with Crippen molar-refractivity contribution < 1.29 is 13.3 Å². The average Bonchev–Trinajstić information content (AvgIpc) is 2.35. The number of nitrogens with zero attached hydrogens (tertiary/aromatic N) is 1. The molecular formula is C13H17N3O4S. The summed E-state index contributed by atoms with van der Waals surface area (Å²) in [5, 5.41) is 11.0. The fraction of sp³-hybridized carbons (Fsp3) is 0.538. The minimum atomic E-state index is -3.91. The van der Waals surface area contributed by atoms with Crippen molar-refractivity contribution in [3.05, 3.63) is 34.4 Å². The van der Waals surface area contributed by atoms with Crippen molar-refractivity contribution in [2.45, 2.75) is 42.7 Å². The number of nitro benzene ring substituents is 1. The van der Waals surface area contributed by atoms with Crippen LogP contribution < -0.4 is 10.5 Å². The van der Waals surface area contributed by atoms with Crippen LogP contribution in [0.3, 0.4) is 0 Å². The molecule has 3 rings (SSSR count). The van der Waals surface area contributed by atoms with Crippen LogP contribution in [0.15, 0.2) is 29.2 Å². The Balaban J connectivity index is 1.87. The number of nitrogens with one attached hydrogen (secondary N) is 1. The summed E-state index contributed by atoms with van der Waals surface area (Å²) in [5.41, 5.74) is 5.45. The summed E-state index contributed by atoms with van der Waals surface area (Å²) in [6.07, 6.45) is 3.47. The Hall–Kier alpha value is -1.51. The molecule has 114 valence electrons. The molecule has 1 aromatic carbocycles. The summed E-state index contributed by atoms with van der Waals surface area (Å²) in [6, 6.07) is 5.18. The summed E-state index contributed by atoms with van der Waals surface area (Å²) in [7, 11) is -3.91. The Kier molecular flexibility index (Phi) is 3.27. The van der Waals surface area contributed by atoms with Crippen molar-refractivity contribution in [2.75, 3.05) is 0 Å². The average molecular weight is 311 g/mol. The first kappa shape index (κ1) is 14.4. The molecule has 0 bridgehead atoms. The van der Waals surface area contributed by atoms with Crippen LogP contribution in [0.4, 0.5) is 5.69 Å². The number of para-hydroxylation sites is 1. The van der Waals surface area contributed by atoms with Gasteiger partial charge in [-0.1, -0.05) is 18.6 Å². The Labute approximate surface area is 122 Å². The number of rotatable bonds is 4. The Morgan fingerprint density at radius 3 is 2.52 bits per heavy atom. The van der Waals surface area contributed by atoms with E-state index in [4.69, 9.17) is 5.73 Å². The third kappa shape index (κ3) is 2.14. The third-order valence-electron chi connectivity index (χ3n) is 4.86. The van der Waals surface area contributed by atoms with Crippen LogP contribution in [0.1, 0.15) is 25.7 Å². The van der Waals surface area contributed by atoms with E-state index in [1.807, 2.05) is 0 Å². The molecule has 8 heteroatoms. The molecule has 1 aromatic rings. The smallest absolute Gasteiger partial charge is 0.289 e. The lowest BCUT2D eigenvalue weighted by molar-refractivity contribution is -0.387. The third-order valence-corrected chi connectivity index (χ3v) is 6.37. The monoisotopic (exact) mass is 311 g/mol. The number of nitro groups is 1. The maximum absolute atomic E-state index is 12.4. The maximum atomic E-state index is 12.4. The molecule has 3 N–H and O–H groups in total. The molecule has 0 heterocycles. The van der Waals surface area contributed by atoms with Gasteiger partial charge in [-0.3, -0.25) is 10.1 Å². The zero-order chi connectivity index (χ0) is 15.3. The van der Waals surface area contributed by atoms with Crippen LogP contribution in [0.5, 0.6) is 0 Å². The molecule has 0 aromatic heterocycles. The molecule has 0 amide bonds. The predicted molar refractivity (Wildman–Crippen MR) is 76.1 cm³/mol. The zero-order valence-corrected chi connectivity index (χ0v) is 12.2. The molecule has 2 aliphatic rings. The highest BCUT2D eigenvalue weighted by Gasteiger charge is 2.57. The van der Waals surface area contributed by atoms with Gasteiger partial charge in [0.25, 0.3) is 5.69 Å². The van der Waals surface area contributed by atoms with Gasteiger partial charge in [0.1, 0.15) is 0 Å². The second-order valence-electron chi connectivity index (χ2n) is 5.83. The van der Waals surface area contributed by atoms with Gasteiger partial charge in [-0.25, -0.2) is 13.1 Å². The fourth-order valence-corrected chi connectivity index (χ4v) is 4.89. The van der Waals surface area contributed by atoms with Gasteiger partial charge in [0.15, 0.2) is 4.90 Å². The summed E-state index contributed by atoms with van der Waals surface area (Å²) in [4.78, 5) is 10.0. The molecule has 7 nitrogen and oxygen atoms in total. The van der Waals surface area contributed by atoms with E-state index < -0.39 is 20.6 Å². The number of benzene rings is 1. The van der Waals surface area contributed by atoms with Gasteiger partial charge in [0, 0.05) is 23.6 Å². The van der Waals surface area contributed by atoms with Crippen molar-refractivity contribution >= 4 is 15.7 Å². The van der Waals surface area contributed by atoms with Crippen LogP contribution in [0.2, 0.25) is 0 Å². The van der Waals surface area contributed by atoms with Crippen LogP contribution >= 0.6 is 0 Å². The largest absolute Gasteiger partial charge is 0.327 e. The van der Waals surface area contributed by atoms with E-state index in [0.717, 1.165) is 19.3 Å². The Bertz CT molecular complexity index is 684. The van der Waals surface area contributed by atoms with Crippen molar-refractivity contribution in [3.63, 3.8) is 0 Å². The molecule has 2 atom stereocenters. The van der Waals surface area contributed by atoms with E-state index in [1.165, 1.54) is 24.3 Å². The molecule has 2 saturated carbocycles. The first-order valence-electron chi connectivity index (χ1n) is 6.88. The Morgan fingerprint density at radius 1 is 1.33 bits per heavy atom. The number of nitrogens with two attached hydrogens (primary N) is 1. The molecule has 2 fully saturated rings. The standard InChI is InChI=1S/C13H17N3O4S/c14-11-8-12(13(11)6-3-7-13)15-21(19,20)10-5-2-1-4-9(10)16(17)18/h1-2,4-5,11-12,15H,3,6-8,14H2. The summed E-state index contributed by atoms with van der Waals surface area (Å²) >= 11 is 0. The van der Waals surface area contributed by atoms with Gasteiger partial charge < -0.3 is 5.73 Å². The van der Waals surface area contributed by atoms with Gasteiger partial charge in [0.05, 0.1) is 4.92 Å². The van der Waals surface area contributed by atoms with E-state index in [-0.39, 0.29) is 22.4 Å². The number of hydrogen-bond acceptors (Lipinski definition) is 5. The Morgan fingerprint density at radius 2 is 2.00 bits per heavy atom. The molecule has 1 spiro atoms. The highest BCUT2D eigenvalue weighted by Crippen LogP contribution is 2.55. The zero-order valence-electron chi connectivity index (χ0n) is 11.4. The van der Waals surface area contributed by atoms with Gasteiger partial charge in [0.2, 0.25) is 10.0 Å². The van der Waals surface area contributed by atoms with Gasteiger partial charge in [-0.2, -0.15) is 0 Å². The van der Waals surface area contributed by atoms with Crippen LogP contribution in [0.25, 0.3) is 0 Å². The van der Waals surface area contributed by atoms with Gasteiger partial charge in [-0.15, -0.1) is 0 Å². The predicted octanol–water partition coefficient (Wildman–Crippen LogP) is 1.14. The second kappa shape index (κ2) is 4.75. The quantitative estimate of drug-likeness (QED) is 0.639. The fourth-order valence-electron chi connectivity index (χ4n) is 3.38. The highest BCUT2D eigenvalue weighted by molar-refractivity contribution is 7.89. The van der Waals surface area contributed by atoms with Crippen LogP contribution in [0, 0.1) is 15.5 Å². The molecule has 21 heavy (non-hydrogen) atoms. The summed E-state index contributed by atoms with van der Waals surface area (Å²) in [6.45, 7) is 0. The number of hydrogen-bond donors (Lipinski definition) is 2. The van der Waals surface area contributed by atoms with Crippen molar-refractivity contribution in [1.29, 1.82) is 0 Å². The second-order valence-corrected chi connectivity index (χ2v) is 7.51. The summed E-state index contributed by atoms with van der Waals surface area (Å²) < 4.78 is 27.5. The maximum Gasteiger partial charge on any atom is 0.289 e. The molecular weight excluding hydrogens is 294 g/mol. The summed E-state index contributed by atoms with van der Waals surface area (Å²) in [5.74, 6) is 0. The minimum Gasteiger partial charge on any atom is -0.327 e. The molecule has 0 saturated heterocycles. The lowest BCUT2D eigenvalue weighted by Gasteiger charge is -2.60. The first-order valence-corrected chi connectivity index (χ1v) is 8.36. The van der Waals surface area contributed by atoms with E-state index in [9.17, 15) is 18.5 Å². The van der Waals surface area contributed by atoms with Gasteiger partial charge in [-0.05, 0) is 25.3 Å². The molecule has 2 unspecified atom stereocenters. The van der Waals surface area contributed by atoms with Crippen molar-refractivity contribution in [1.82, 2.24) is 4.72 Å². The first-order chi connectivity index (χ1) is 9.87. The minimum absolute atomic E-state index is 0.0182. The molecule has 2 aliphatic carbocycles. The topological polar surface area (TPSA) is 115 Å². The van der Waals surface area contributed by atoms with Crippen molar-refractivity contribution in [3.8, 4) is 0 Å². The van der Waals surface area contributed by atoms with Crippen LogP contribution in [-0.2, 0) is 10.0 Å². The van der Waals surface area contributed by atoms with E-state index in [0.29, 0.717) is 6.42 Å². The molecule has 0 radical (unpaired) electrons. The van der Waals surface area contributed by atoms with E-state index in [1.54, 1.807) is 0 Å². The number of sulfonamides is 1. The van der Waals surface area contributed by atoms with Crippen molar-refractivity contribution in [2.24, 2.45) is 11.1 Å².